The van der Waals surface area contributed by atoms with Crippen LogP contribution in [0.2, 0.25) is 0 Å². The molecule has 4 aromatic rings. The molecule has 0 fully saturated rings. The normalized spacial score (nSPS) is 10.8. The van der Waals surface area contributed by atoms with E-state index in [1.165, 1.54) is 46.2 Å². The lowest BCUT2D eigenvalue weighted by molar-refractivity contribution is 0.0946. The summed E-state index contributed by atoms with van der Waals surface area (Å²) in [6.45, 7) is -0.421. The molecule has 10 nitrogen and oxygen atoms in total. The summed E-state index contributed by atoms with van der Waals surface area (Å²) < 4.78 is 29.0. The van der Waals surface area contributed by atoms with Crippen LogP contribution in [0.5, 0.6) is 0 Å². The van der Waals surface area contributed by atoms with Gasteiger partial charge >= 0.3 is 0 Å². The molecule has 0 unspecified atom stereocenters. The summed E-state index contributed by atoms with van der Waals surface area (Å²) in [6.07, 6.45) is 4.35. The van der Waals surface area contributed by atoms with Gasteiger partial charge in [-0.25, -0.2) is 18.7 Å². The Labute approximate surface area is 179 Å². The zero-order chi connectivity index (χ0) is 22.8. The van der Waals surface area contributed by atoms with Crippen LogP contribution in [0.3, 0.4) is 0 Å². The number of nitrogen functional groups attached to an aromatic ring is 1. The Kier molecular flexibility index (Phi) is 5.41. The lowest BCUT2D eigenvalue weighted by Gasteiger charge is -2.13. The molecular weight excluding hydrogens is 422 g/mol. The number of pyridine rings is 1. The highest BCUT2D eigenvalue weighted by Gasteiger charge is 2.21. The molecule has 0 bridgehead atoms. The van der Waals surface area contributed by atoms with Gasteiger partial charge in [0.05, 0.1) is 12.4 Å². The number of halogens is 2. The van der Waals surface area contributed by atoms with Crippen molar-refractivity contribution < 1.29 is 13.6 Å². The van der Waals surface area contributed by atoms with Crippen LogP contribution in [0.4, 0.5) is 14.6 Å². The van der Waals surface area contributed by atoms with Crippen molar-refractivity contribution in [2.45, 2.75) is 6.54 Å². The van der Waals surface area contributed by atoms with Gasteiger partial charge in [0, 0.05) is 37.0 Å². The summed E-state index contributed by atoms with van der Waals surface area (Å²) in [6, 6.07) is 6.23. The number of rotatable bonds is 5. The molecule has 0 saturated carbocycles. The van der Waals surface area contributed by atoms with Gasteiger partial charge in [0.25, 0.3) is 5.91 Å². The molecule has 0 aliphatic rings. The van der Waals surface area contributed by atoms with E-state index in [0.717, 1.165) is 12.1 Å². The molecule has 162 valence electrons. The second-order valence-corrected chi connectivity index (χ2v) is 6.70. The van der Waals surface area contributed by atoms with Gasteiger partial charge in [0.15, 0.2) is 11.5 Å². The Morgan fingerprint density at radius 2 is 1.78 bits per heavy atom. The predicted molar refractivity (Wildman–Crippen MR) is 110 cm³/mol. The van der Waals surface area contributed by atoms with Crippen LogP contribution in [-0.2, 0) is 13.6 Å². The van der Waals surface area contributed by atoms with Gasteiger partial charge in [-0.3, -0.25) is 9.59 Å². The molecule has 3 aromatic heterocycles. The van der Waals surface area contributed by atoms with E-state index in [-0.39, 0.29) is 34.1 Å². The number of carbonyl (C=O) groups excluding carboxylic acids is 1. The summed E-state index contributed by atoms with van der Waals surface area (Å²) in [7, 11) is 1.55. The van der Waals surface area contributed by atoms with Crippen molar-refractivity contribution in [3.05, 3.63) is 82.2 Å². The highest BCUT2D eigenvalue weighted by atomic mass is 19.1. The maximum atomic E-state index is 13.9. The number of amides is 1. The molecule has 0 aliphatic carbocycles. The number of aromatic nitrogens is 6. The van der Waals surface area contributed by atoms with Crippen LogP contribution in [0, 0.1) is 11.6 Å². The van der Waals surface area contributed by atoms with Crippen molar-refractivity contribution in [3.63, 3.8) is 0 Å². The van der Waals surface area contributed by atoms with E-state index in [1.54, 1.807) is 7.05 Å². The molecule has 0 radical (unpaired) electrons. The first kappa shape index (κ1) is 20.8. The van der Waals surface area contributed by atoms with E-state index >= 15 is 0 Å². The zero-order valence-corrected chi connectivity index (χ0v) is 16.7. The number of nitrogens with two attached hydrogens (primary N) is 1. The minimum Gasteiger partial charge on any atom is -0.382 e. The van der Waals surface area contributed by atoms with Crippen LogP contribution >= 0.6 is 0 Å². The number of hydrogen-bond acceptors (Lipinski definition) is 7. The van der Waals surface area contributed by atoms with Gasteiger partial charge < -0.3 is 15.6 Å². The Balaban J connectivity index is 1.75. The fraction of sp³-hybridized carbons (Fsp3) is 0.100. The number of aryl methyl sites for hydroxylation is 1. The van der Waals surface area contributed by atoms with Crippen LogP contribution in [0.25, 0.3) is 17.1 Å². The molecule has 3 heterocycles. The van der Waals surface area contributed by atoms with Gasteiger partial charge in [-0.2, -0.15) is 10.2 Å². The largest absolute Gasteiger partial charge is 0.382 e. The third-order valence-corrected chi connectivity index (χ3v) is 4.57. The maximum Gasteiger partial charge on any atom is 0.274 e. The van der Waals surface area contributed by atoms with Gasteiger partial charge in [-0.05, 0) is 18.2 Å². The van der Waals surface area contributed by atoms with Crippen molar-refractivity contribution in [1.29, 1.82) is 0 Å². The highest BCUT2D eigenvalue weighted by molar-refractivity contribution is 5.97. The monoisotopic (exact) mass is 438 g/mol. The predicted octanol–water partition coefficient (Wildman–Crippen LogP) is 1.21. The first-order valence-corrected chi connectivity index (χ1v) is 9.27. The molecule has 1 amide bonds. The fourth-order valence-electron chi connectivity index (χ4n) is 2.95. The first-order chi connectivity index (χ1) is 15.3. The van der Waals surface area contributed by atoms with E-state index in [4.69, 9.17) is 5.73 Å². The Morgan fingerprint density at radius 1 is 1.09 bits per heavy atom. The Bertz CT molecular complexity index is 1350. The van der Waals surface area contributed by atoms with E-state index in [2.05, 4.69) is 25.5 Å². The van der Waals surface area contributed by atoms with Crippen LogP contribution in [0.15, 0.2) is 53.7 Å². The maximum absolute atomic E-state index is 13.9. The van der Waals surface area contributed by atoms with Crippen molar-refractivity contribution >= 4 is 11.7 Å². The molecule has 1 aromatic carbocycles. The number of hydrogen-bond donors (Lipinski definition) is 2. The minimum absolute atomic E-state index is 0.128. The lowest BCUT2D eigenvalue weighted by Crippen LogP contribution is -2.27. The van der Waals surface area contributed by atoms with Crippen molar-refractivity contribution in [2.24, 2.45) is 7.05 Å². The van der Waals surface area contributed by atoms with Crippen LogP contribution in [0.1, 0.15) is 16.1 Å². The van der Waals surface area contributed by atoms with E-state index in [1.807, 2.05) is 0 Å². The molecule has 3 N–H and O–H groups in total. The topological polar surface area (TPSA) is 134 Å². The summed E-state index contributed by atoms with van der Waals surface area (Å²) in [5.41, 5.74) is 5.76. The Morgan fingerprint density at radius 3 is 2.44 bits per heavy atom. The third-order valence-electron chi connectivity index (χ3n) is 4.57. The SMILES string of the molecule is Cn1cc(-c2nc(C(=O)NCc3c(F)cccc3F)c(N)nc2-n2nccn2)ccc1=O. The van der Waals surface area contributed by atoms with E-state index in [0.29, 0.717) is 5.56 Å². The lowest BCUT2D eigenvalue weighted by atomic mass is 10.2. The summed E-state index contributed by atoms with van der Waals surface area (Å²) >= 11 is 0. The van der Waals surface area contributed by atoms with Crippen molar-refractivity contribution in [1.82, 2.24) is 34.8 Å². The molecule has 0 saturated heterocycles. The molecule has 12 heteroatoms. The highest BCUT2D eigenvalue weighted by Crippen LogP contribution is 2.24. The number of nitrogens with one attached hydrogen (secondary N) is 1. The van der Waals surface area contributed by atoms with Gasteiger partial charge in [-0.15, -0.1) is 4.80 Å². The van der Waals surface area contributed by atoms with Crippen LogP contribution < -0.4 is 16.6 Å². The summed E-state index contributed by atoms with van der Waals surface area (Å²) in [5, 5.41) is 10.4. The van der Waals surface area contributed by atoms with E-state index in [9.17, 15) is 18.4 Å². The minimum atomic E-state index is -0.796. The molecule has 0 spiro atoms. The molecular formula is C20H16F2N8O2. The third kappa shape index (κ3) is 3.93. The average Bonchev–Trinajstić information content (AvgIpc) is 3.30. The number of benzene rings is 1. The smallest absolute Gasteiger partial charge is 0.274 e. The quantitative estimate of drug-likeness (QED) is 0.478. The number of nitrogens with zero attached hydrogens (tertiary/aromatic N) is 6. The summed E-state index contributed by atoms with van der Waals surface area (Å²) in [4.78, 5) is 34.2. The summed E-state index contributed by atoms with van der Waals surface area (Å²) in [5.74, 6) is -2.49. The average molecular weight is 438 g/mol. The van der Waals surface area contributed by atoms with Gasteiger partial charge in [0.2, 0.25) is 11.4 Å². The first-order valence-electron chi connectivity index (χ1n) is 9.27. The fourth-order valence-corrected chi connectivity index (χ4v) is 2.95. The van der Waals surface area contributed by atoms with Gasteiger partial charge in [0.1, 0.15) is 17.3 Å². The molecule has 0 aliphatic heterocycles. The van der Waals surface area contributed by atoms with Crippen molar-refractivity contribution in [2.75, 3.05) is 5.73 Å². The van der Waals surface area contributed by atoms with Crippen LogP contribution in [-0.4, -0.2) is 35.4 Å². The zero-order valence-electron chi connectivity index (χ0n) is 16.7. The molecule has 0 atom stereocenters. The second kappa shape index (κ2) is 8.34. The molecule has 4 rings (SSSR count). The standard InChI is InChI=1S/C20H16F2N8O2/c1-29-10-11(5-6-15(29)31)16-19(30-25-7-8-26-30)28-18(23)17(27-16)20(32)24-9-12-13(21)3-2-4-14(12)22/h2-8,10H,9H2,1H3,(H2,23,28)(H,24,32). The van der Waals surface area contributed by atoms with Crippen molar-refractivity contribution in [3.8, 4) is 17.1 Å². The number of anilines is 1. The van der Waals surface area contributed by atoms with E-state index < -0.39 is 24.1 Å². The molecule has 32 heavy (non-hydrogen) atoms. The van der Waals surface area contributed by atoms with Gasteiger partial charge in [-0.1, -0.05) is 6.07 Å². The second-order valence-electron chi connectivity index (χ2n) is 6.70. The Hall–Kier alpha value is -4.48. The number of carbonyl (C=O) groups is 1.